The number of carbonyl (C=O) groups excluding carboxylic acids is 1. The molecule has 1 amide bonds. The van der Waals surface area contributed by atoms with Crippen molar-refractivity contribution < 1.29 is 17.6 Å². The molecule has 0 bridgehead atoms. The number of fused-ring (bicyclic) bond motifs is 1. The molecule has 1 saturated heterocycles. The zero-order valence-corrected chi connectivity index (χ0v) is 19.2. The first-order valence-corrected chi connectivity index (χ1v) is 12.6. The largest absolute Gasteiger partial charge is 0.384 e. The second-order valence-electron chi connectivity index (χ2n) is 8.52. The molecule has 1 aromatic heterocycles. The number of pyridine rings is 1. The number of nitrogens with zero attached hydrogens (tertiary/aromatic N) is 2. The van der Waals surface area contributed by atoms with Crippen LogP contribution in [0.4, 0.5) is 21.5 Å². The first-order chi connectivity index (χ1) is 15.1. The first-order valence-electron chi connectivity index (χ1n) is 10.7. The average Bonchev–Trinajstić information content (AvgIpc) is 3.00. The summed E-state index contributed by atoms with van der Waals surface area (Å²) < 4.78 is 37.6. The van der Waals surface area contributed by atoms with Crippen molar-refractivity contribution in [2.45, 2.75) is 43.3 Å². The summed E-state index contributed by atoms with van der Waals surface area (Å²) in [5.74, 6) is -0.553. The summed E-state index contributed by atoms with van der Waals surface area (Å²) in [7, 11) is -3.35. The van der Waals surface area contributed by atoms with Gasteiger partial charge in [0.05, 0.1) is 23.3 Å². The maximum Gasteiger partial charge on any atom is 0.249 e. The topological polar surface area (TPSA) is 103 Å². The summed E-state index contributed by atoms with van der Waals surface area (Å²) >= 11 is 0. The van der Waals surface area contributed by atoms with E-state index in [0.717, 1.165) is 19.1 Å². The van der Waals surface area contributed by atoms with E-state index in [0.29, 0.717) is 42.3 Å². The lowest BCUT2D eigenvalue weighted by atomic mass is 9.88. The van der Waals surface area contributed by atoms with Gasteiger partial charge < -0.3 is 16.0 Å². The number of rotatable bonds is 6. The Bertz CT molecular complexity index is 1140. The molecule has 1 unspecified atom stereocenters. The van der Waals surface area contributed by atoms with Crippen molar-refractivity contribution in [3.05, 3.63) is 41.8 Å². The second kappa shape index (κ2) is 8.32. The monoisotopic (exact) mass is 461 g/mol. The van der Waals surface area contributed by atoms with E-state index in [1.54, 1.807) is 6.07 Å². The smallest absolute Gasteiger partial charge is 0.249 e. The zero-order valence-electron chi connectivity index (χ0n) is 18.4. The Morgan fingerprint density at radius 1 is 1.34 bits per heavy atom. The molecule has 0 saturated carbocycles. The molecule has 2 aliphatic rings. The molecule has 2 aromatic rings. The van der Waals surface area contributed by atoms with Gasteiger partial charge in [-0.15, -0.1) is 0 Å². The van der Waals surface area contributed by atoms with Gasteiger partial charge >= 0.3 is 0 Å². The highest BCUT2D eigenvalue weighted by Gasteiger charge is 2.49. The zero-order chi connectivity index (χ0) is 23.1. The van der Waals surface area contributed by atoms with Gasteiger partial charge in [0.2, 0.25) is 5.91 Å². The summed E-state index contributed by atoms with van der Waals surface area (Å²) in [6, 6.07) is 6.05. The molecule has 4 rings (SSSR count). The van der Waals surface area contributed by atoms with Gasteiger partial charge in [-0.1, -0.05) is 0 Å². The molecule has 32 heavy (non-hydrogen) atoms. The fourth-order valence-electron chi connectivity index (χ4n) is 4.55. The van der Waals surface area contributed by atoms with Gasteiger partial charge in [0, 0.05) is 31.0 Å². The number of halogens is 1. The molecule has 10 heteroatoms. The van der Waals surface area contributed by atoms with Crippen LogP contribution >= 0.6 is 0 Å². The Balaban J connectivity index is 1.57. The lowest BCUT2D eigenvalue weighted by molar-refractivity contribution is -0.127. The fourth-order valence-corrected chi connectivity index (χ4v) is 5.11. The van der Waals surface area contributed by atoms with Crippen LogP contribution in [0.3, 0.4) is 0 Å². The van der Waals surface area contributed by atoms with Gasteiger partial charge in [-0.3, -0.25) is 9.69 Å². The quantitative estimate of drug-likeness (QED) is 0.608. The second-order valence-corrected chi connectivity index (χ2v) is 10.5. The number of aromatic nitrogens is 1. The van der Waals surface area contributed by atoms with E-state index in [-0.39, 0.29) is 22.8 Å². The van der Waals surface area contributed by atoms with E-state index in [4.69, 9.17) is 0 Å². The Kier molecular flexibility index (Phi) is 5.85. The van der Waals surface area contributed by atoms with Crippen molar-refractivity contribution in [3.63, 3.8) is 0 Å². The van der Waals surface area contributed by atoms with Crippen LogP contribution in [-0.2, 0) is 20.2 Å². The predicted octanol–water partition coefficient (Wildman–Crippen LogP) is 2.80. The van der Waals surface area contributed by atoms with Crippen LogP contribution in [0.5, 0.6) is 0 Å². The molecule has 0 radical (unpaired) electrons. The van der Waals surface area contributed by atoms with E-state index in [1.165, 1.54) is 24.4 Å². The molecule has 0 spiro atoms. The van der Waals surface area contributed by atoms with Gasteiger partial charge in [-0.05, 0) is 57.5 Å². The highest BCUT2D eigenvalue weighted by atomic mass is 32.2. The van der Waals surface area contributed by atoms with Crippen molar-refractivity contribution in [3.8, 4) is 0 Å². The Morgan fingerprint density at radius 3 is 2.78 bits per heavy atom. The molecule has 3 heterocycles. The minimum absolute atomic E-state index is 0.0265. The van der Waals surface area contributed by atoms with Gasteiger partial charge in [0.1, 0.15) is 11.4 Å². The van der Waals surface area contributed by atoms with E-state index >= 15 is 0 Å². The fraction of sp³-hybridized carbons (Fsp3) is 0.455. The van der Waals surface area contributed by atoms with Crippen molar-refractivity contribution in [1.82, 2.24) is 9.88 Å². The summed E-state index contributed by atoms with van der Waals surface area (Å²) in [6.45, 7) is 5.66. The summed E-state index contributed by atoms with van der Waals surface area (Å²) in [6.07, 6.45) is 4.38. The summed E-state index contributed by atoms with van der Waals surface area (Å²) in [5, 5.41) is 9.51. The van der Waals surface area contributed by atoms with Crippen LogP contribution in [0.25, 0.3) is 0 Å². The van der Waals surface area contributed by atoms with Gasteiger partial charge in [-0.2, -0.15) is 0 Å². The predicted molar refractivity (Wildman–Crippen MR) is 122 cm³/mol. The number of hydrogen-bond acceptors (Lipinski definition) is 7. The van der Waals surface area contributed by atoms with Crippen molar-refractivity contribution in [2.24, 2.45) is 0 Å². The molecule has 1 fully saturated rings. The number of likely N-dealkylation sites (tertiary alicyclic amines) is 1. The number of amides is 1. The molecule has 3 N–H and O–H groups in total. The molecule has 8 nitrogen and oxygen atoms in total. The third kappa shape index (κ3) is 4.04. The normalized spacial score (nSPS) is 23.5. The summed E-state index contributed by atoms with van der Waals surface area (Å²) in [5.41, 5.74) is 1.59. The Morgan fingerprint density at radius 2 is 2.12 bits per heavy atom. The van der Waals surface area contributed by atoms with Crippen molar-refractivity contribution >= 4 is 32.8 Å². The van der Waals surface area contributed by atoms with E-state index in [9.17, 15) is 17.6 Å². The Hall–Kier alpha value is -2.72. The number of hydrogen-bond donors (Lipinski definition) is 3. The van der Waals surface area contributed by atoms with Crippen molar-refractivity contribution in [2.75, 3.05) is 41.8 Å². The lowest BCUT2D eigenvalue weighted by Crippen LogP contribution is -2.55. The van der Waals surface area contributed by atoms with Crippen LogP contribution in [0.1, 0.15) is 32.3 Å². The number of piperidine rings is 1. The van der Waals surface area contributed by atoms with Gasteiger partial charge in [-0.25, -0.2) is 17.8 Å². The molecule has 2 aliphatic heterocycles. The lowest BCUT2D eigenvalue weighted by Gasteiger charge is -2.42. The minimum atomic E-state index is -3.35. The molecule has 0 aliphatic carbocycles. The molecule has 172 valence electrons. The third-order valence-electron chi connectivity index (χ3n) is 6.22. The van der Waals surface area contributed by atoms with E-state index in [2.05, 4.69) is 25.8 Å². The van der Waals surface area contributed by atoms with Crippen LogP contribution in [-0.4, -0.2) is 56.1 Å². The van der Waals surface area contributed by atoms with Crippen LogP contribution < -0.4 is 16.0 Å². The number of benzene rings is 1. The SMILES string of the molecule is CCNc1cc(F)cc2c1NC(=O)C2(C)N1CCC[C@@H](Nc2ccc(S(C)(=O)=O)nc2)C1. The number of anilines is 3. The summed E-state index contributed by atoms with van der Waals surface area (Å²) in [4.78, 5) is 19.2. The standard InChI is InChI=1S/C22H28FN5O3S/c1-4-24-18-11-14(23)10-17-20(18)27-21(29)22(17,2)28-9-5-6-16(13-28)26-15-7-8-19(25-12-15)32(3,30)31/h7-8,10-12,16,24,26H,4-6,9,13H2,1-3H3,(H,27,29)/t16-,22?/m1/s1. The molecule has 1 aromatic carbocycles. The third-order valence-corrected chi connectivity index (χ3v) is 7.22. The minimum Gasteiger partial charge on any atom is -0.384 e. The Labute approximate surface area is 187 Å². The van der Waals surface area contributed by atoms with Crippen LogP contribution in [0.15, 0.2) is 35.5 Å². The average molecular weight is 462 g/mol. The van der Waals surface area contributed by atoms with E-state index < -0.39 is 15.4 Å². The first kappa shape index (κ1) is 22.5. The van der Waals surface area contributed by atoms with Crippen LogP contribution in [0.2, 0.25) is 0 Å². The van der Waals surface area contributed by atoms with E-state index in [1.807, 2.05) is 13.8 Å². The highest BCUT2D eigenvalue weighted by molar-refractivity contribution is 7.90. The number of carbonyl (C=O) groups is 1. The molecular weight excluding hydrogens is 433 g/mol. The van der Waals surface area contributed by atoms with Crippen LogP contribution in [0, 0.1) is 5.82 Å². The molecular formula is C22H28FN5O3S. The highest BCUT2D eigenvalue weighted by Crippen LogP contribution is 2.45. The maximum absolute atomic E-state index is 14.4. The number of nitrogens with one attached hydrogen (secondary N) is 3. The maximum atomic E-state index is 14.4. The van der Waals surface area contributed by atoms with Gasteiger partial charge in [0.25, 0.3) is 0 Å². The van der Waals surface area contributed by atoms with Gasteiger partial charge in [0.15, 0.2) is 14.9 Å². The number of sulfone groups is 1. The molecule has 2 atom stereocenters. The van der Waals surface area contributed by atoms with Crippen molar-refractivity contribution in [1.29, 1.82) is 0 Å².